The van der Waals surface area contributed by atoms with E-state index >= 15 is 0 Å². The quantitative estimate of drug-likeness (QED) is 0.494. The van der Waals surface area contributed by atoms with Crippen molar-refractivity contribution in [2.24, 2.45) is 0 Å². The van der Waals surface area contributed by atoms with E-state index in [1.165, 1.54) is 18.6 Å². The normalized spacial score (nSPS) is 12.9. The molecule has 29 heavy (non-hydrogen) atoms. The van der Waals surface area contributed by atoms with Crippen molar-refractivity contribution in [1.82, 2.24) is 19.9 Å². The van der Waals surface area contributed by atoms with E-state index in [0.29, 0.717) is 6.07 Å². The molecule has 1 aromatic carbocycles. The molecule has 0 aliphatic heterocycles. The molecule has 3 rings (SSSR count). The predicted octanol–water partition coefficient (Wildman–Crippen LogP) is 2.21. The molecule has 1 unspecified atom stereocenters. The maximum atomic E-state index is 13.4. The Labute approximate surface area is 169 Å². The number of nitrogens with one attached hydrogen (secondary N) is 2. The molecule has 0 bridgehead atoms. The van der Waals surface area contributed by atoms with Crippen LogP contribution in [0.3, 0.4) is 0 Å². The molecule has 0 fully saturated rings. The van der Waals surface area contributed by atoms with Crippen molar-refractivity contribution in [2.75, 3.05) is 12.4 Å². The zero-order chi connectivity index (χ0) is 21.2. The maximum absolute atomic E-state index is 13.4. The second kappa shape index (κ2) is 8.43. The lowest BCUT2D eigenvalue weighted by molar-refractivity contribution is -0.137. The van der Waals surface area contributed by atoms with Crippen molar-refractivity contribution in [1.29, 1.82) is 0 Å². The van der Waals surface area contributed by atoms with Gasteiger partial charge in [0.2, 0.25) is 5.88 Å². The van der Waals surface area contributed by atoms with Gasteiger partial charge in [0.1, 0.15) is 6.10 Å². The van der Waals surface area contributed by atoms with Gasteiger partial charge in [-0.05, 0) is 6.07 Å². The Morgan fingerprint density at radius 2 is 2.03 bits per heavy atom. The van der Waals surface area contributed by atoms with Gasteiger partial charge >= 0.3 is 11.9 Å². The number of alkyl halides is 3. The monoisotopic (exact) mass is 448 g/mol. The molecule has 0 aliphatic rings. The first-order valence-corrected chi connectivity index (χ1v) is 9.29. The number of benzene rings is 1. The minimum atomic E-state index is -4.82. The molecule has 0 amide bonds. The van der Waals surface area contributed by atoms with Crippen molar-refractivity contribution < 1.29 is 23.0 Å². The standard InChI is InChI=1S/C16H12ClF3N4O4S/c17-11-9(16(18,19)20)3-8-12(23-15(27)24-14(8)26)13(11)29-6-7(5-25)28-10-4-21-1-2-22-10/h1-4,7,25H,5-6H2,(H2,23,24,26,27). The molecule has 154 valence electrons. The highest BCUT2D eigenvalue weighted by Gasteiger charge is 2.35. The van der Waals surface area contributed by atoms with Crippen LogP contribution in [0.1, 0.15) is 5.56 Å². The van der Waals surface area contributed by atoms with Gasteiger partial charge in [0.05, 0.1) is 39.2 Å². The summed E-state index contributed by atoms with van der Waals surface area (Å²) in [5, 5.41) is 8.46. The summed E-state index contributed by atoms with van der Waals surface area (Å²) in [7, 11) is 0. The number of fused-ring (bicyclic) bond motifs is 1. The van der Waals surface area contributed by atoms with Crippen LogP contribution < -0.4 is 16.0 Å². The number of aromatic nitrogens is 4. The number of aliphatic hydroxyl groups is 1. The predicted molar refractivity (Wildman–Crippen MR) is 99.5 cm³/mol. The molecular weight excluding hydrogens is 437 g/mol. The average molecular weight is 449 g/mol. The van der Waals surface area contributed by atoms with Crippen LogP contribution in [-0.4, -0.2) is 43.5 Å². The summed E-state index contributed by atoms with van der Waals surface area (Å²) in [6.07, 6.45) is -1.61. The third-order valence-electron chi connectivity index (χ3n) is 3.68. The van der Waals surface area contributed by atoms with Crippen LogP contribution in [0, 0.1) is 0 Å². The second-order valence-corrected chi connectivity index (χ2v) is 7.08. The van der Waals surface area contributed by atoms with E-state index in [-0.39, 0.29) is 27.4 Å². The minimum Gasteiger partial charge on any atom is -0.470 e. The van der Waals surface area contributed by atoms with Crippen LogP contribution in [0.2, 0.25) is 5.02 Å². The van der Waals surface area contributed by atoms with Crippen LogP contribution in [0.5, 0.6) is 5.88 Å². The third-order valence-corrected chi connectivity index (χ3v) is 5.42. The molecule has 0 radical (unpaired) electrons. The Morgan fingerprint density at radius 3 is 2.66 bits per heavy atom. The Kier molecular flexibility index (Phi) is 6.15. The lowest BCUT2D eigenvalue weighted by Gasteiger charge is -2.18. The van der Waals surface area contributed by atoms with Crippen molar-refractivity contribution >= 4 is 34.3 Å². The van der Waals surface area contributed by atoms with Gasteiger partial charge in [-0.25, -0.2) is 9.78 Å². The third kappa shape index (κ3) is 4.71. The number of aromatic amines is 2. The second-order valence-electron chi connectivity index (χ2n) is 5.67. The van der Waals surface area contributed by atoms with Gasteiger partial charge in [0.15, 0.2) is 0 Å². The van der Waals surface area contributed by atoms with Gasteiger partial charge in [-0.3, -0.25) is 14.8 Å². The molecule has 3 N–H and O–H groups in total. The number of hydrogen-bond acceptors (Lipinski definition) is 7. The minimum absolute atomic E-state index is 0.0575. The molecule has 1 atom stereocenters. The Bertz CT molecular complexity index is 1140. The van der Waals surface area contributed by atoms with Gasteiger partial charge in [0.25, 0.3) is 5.56 Å². The number of thioether (sulfide) groups is 1. The maximum Gasteiger partial charge on any atom is 0.417 e. The number of hydrogen-bond donors (Lipinski definition) is 3. The lowest BCUT2D eigenvalue weighted by Crippen LogP contribution is -2.25. The SMILES string of the molecule is O=c1[nH]c(=O)c2cc(C(F)(F)F)c(Cl)c(SCC(CO)Oc3cnccn3)c2[nH]1. The summed E-state index contributed by atoms with van der Waals surface area (Å²) in [6, 6.07) is 0.579. The molecule has 0 spiro atoms. The largest absolute Gasteiger partial charge is 0.470 e. The molecular formula is C16H12ClF3N4O4S. The smallest absolute Gasteiger partial charge is 0.417 e. The van der Waals surface area contributed by atoms with Crippen LogP contribution >= 0.6 is 23.4 Å². The highest BCUT2D eigenvalue weighted by molar-refractivity contribution is 7.99. The fourth-order valence-corrected chi connectivity index (χ4v) is 3.90. The number of halogens is 4. The number of H-pyrrole nitrogens is 2. The Balaban J connectivity index is 2.02. The van der Waals surface area contributed by atoms with Gasteiger partial charge in [-0.15, -0.1) is 11.8 Å². The molecule has 13 heteroatoms. The van der Waals surface area contributed by atoms with Gasteiger partial charge in [0, 0.05) is 18.1 Å². The van der Waals surface area contributed by atoms with Crippen molar-refractivity contribution in [2.45, 2.75) is 17.2 Å². The number of aliphatic hydroxyl groups excluding tert-OH is 1. The van der Waals surface area contributed by atoms with Crippen molar-refractivity contribution in [3.8, 4) is 5.88 Å². The van der Waals surface area contributed by atoms with Crippen LogP contribution in [0.25, 0.3) is 10.9 Å². The molecule has 2 heterocycles. The van der Waals surface area contributed by atoms with E-state index in [9.17, 15) is 27.9 Å². The van der Waals surface area contributed by atoms with E-state index in [2.05, 4.69) is 15.0 Å². The highest BCUT2D eigenvalue weighted by Crippen LogP contribution is 2.42. The summed E-state index contributed by atoms with van der Waals surface area (Å²) in [4.78, 5) is 35.3. The van der Waals surface area contributed by atoms with E-state index in [4.69, 9.17) is 16.3 Å². The van der Waals surface area contributed by atoms with Gasteiger partial charge < -0.3 is 14.8 Å². The summed E-state index contributed by atoms with van der Waals surface area (Å²) in [6.45, 7) is -0.477. The number of nitrogens with zero attached hydrogens (tertiary/aromatic N) is 2. The molecule has 8 nitrogen and oxygen atoms in total. The summed E-state index contributed by atoms with van der Waals surface area (Å²) >= 11 is 6.75. The topological polar surface area (TPSA) is 121 Å². The fraction of sp³-hybridized carbons (Fsp3) is 0.250. The molecule has 3 aromatic rings. The van der Waals surface area contributed by atoms with Gasteiger partial charge in [-0.1, -0.05) is 11.6 Å². The first-order valence-electron chi connectivity index (χ1n) is 7.93. The Morgan fingerprint density at radius 1 is 1.28 bits per heavy atom. The molecule has 2 aromatic heterocycles. The first kappa shape index (κ1) is 21.1. The lowest BCUT2D eigenvalue weighted by atomic mass is 10.1. The Hall–Kier alpha value is -2.57. The van der Waals surface area contributed by atoms with E-state index in [1.807, 2.05) is 4.98 Å². The first-order chi connectivity index (χ1) is 13.7. The van der Waals surface area contributed by atoms with Crippen LogP contribution in [0.15, 0.2) is 39.1 Å². The van der Waals surface area contributed by atoms with Crippen LogP contribution in [-0.2, 0) is 6.18 Å². The van der Waals surface area contributed by atoms with E-state index < -0.39 is 40.7 Å². The van der Waals surface area contributed by atoms with Gasteiger partial charge in [-0.2, -0.15) is 13.2 Å². The molecule has 0 saturated carbocycles. The van der Waals surface area contributed by atoms with Crippen LogP contribution in [0.4, 0.5) is 13.2 Å². The number of rotatable bonds is 6. The summed E-state index contributed by atoms with van der Waals surface area (Å²) in [5.41, 5.74) is -3.24. The van der Waals surface area contributed by atoms with E-state index in [0.717, 1.165) is 11.8 Å². The summed E-state index contributed by atoms with van der Waals surface area (Å²) in [5.74, 6) is 0.0508. The fourth-order valence-electron chi connectivity index (χ4n) is 2.41. The molecule has 0 aliphatic carbocycles. The zero-order valence-electron chi connectivity index (χ0n) is 14.3. The molecule has 0 saturated heterocycles. The van der Waals surface area contributed by atoms with Crippen molar-refractivity contribution in [3.63, 3.8) is 0 Å². The number of ether oxygens (including phenoxy) is 1. The van der Waals surface area contributed by atoms with E-state index in [1.54, 1.807) is 0 Å². The highest BCUT2D eigenvalue weighted by atomic mass is 35.5. The van der Waals surface area contributed by atoms with Crippen molar-refractivity contribution in [3.05, 3.63) is 56.1 Å². The average Bonchev–Trinajstić information content (AvgIpc) is 2.65. The summed E-state index contributed by atoms with van der Waals surface area (Å²) < 4.78 is 45.5. The zero-order valence-corrected chi connectivity index (χ0v) is 15.9.